The Labute approximate surface area is 95.4 Å². The van der Waals surface area contributed by atoms with Crippen LogP contribution in [0.25, 0.3) is 0 Å². The summed E-state index contributed by atoms with van der Waals surface area (Å²) >= 11 is 0. The van der Waals surface area contributed by atoms with Crippen molar-refractivity contribution in [1.29, 1.82) is 0 Å². The second-order valence-corrected chi connectivity index (χ2v) is 4.91. The van der Waals surface area contributed by atoms with Crippen LogP contribution in [0, 0.1) is 5.92 Å². The standard InChI is InChI=1S/C11H18N4O/c1-8-5-15(11-12-7-13-14(11)2)6-10(16-8)9-3-4-9/h7-10H,3-6H2,1-2H3/t8-,10+/m1/s1. The highest BCUT2D eigenvalue weighted by Crippen LogP contribution is 2.37. The zero-order valence-corrected chi connectivity index (χ0v) is 9.83. The molecule has 0 bridgehead atoms. The van der Waals surface area contributed by atoms with Crippen LogP contribution in [0.1, 0.15) is 19.8 Å². The highest BCUT2D eigenvalue weighted by Gasteiger charge is 2.38. The monoisotopic (exact) mass is 222 g/mol. The van der Waals surface area contributed by atoms with Gasteiger partial charge in [-0.05, 0) is 25.7 Å². The molecule has 0 aromatic carbocycles. The lowest BCUT2D eigenvalue weighted by molar-refractivity contribution is -0.0277. The number of morpholine rings is 1. The maximum atomic E-state index is 5.98. The second kappa shape index (κ2) is 3.73. The summed E-state index contributed by atoms with van der Waals surface area (Å²) < 4.78 is 7.81. The normalized spacial score (nSPS) is 30.8. The molecule has 0 amide bonds. The van der Waals surface area contributed by atoms with Crippen LogP contribution < -0.4 is 4.90 Å². The molecule has 1 aliphatic carbocycles. The number of ether oxygens (including phenoxy) is 1. The summed E-state index contributed by atoms with van der Waals surface area (Å²) in [7, 11) is 1.94. The van der Waals surface area contributed by atoms with Gasteiger partial charge in [-0.2, -0.15) is 10.1 Å². The van der Waals surface area contributed by atoms with Crippen molar-refractivity contribution in [3.05, 3.63) is 6.33 Å². The van der Waals surface area contributed by atoms with Gasteiger partial charge in [0.15, 0.2) is 0 Å². The maximum absolute atomic E-state index is 5.98. The fourth-order valence-corrected chi connectivity index (χ4v) is 2.45. The van der Waals surface area contributed by atoms with Gasteiger partial charge < -0.3 is 9.64 Å². The molecule has 1 saturated heterocycles. The van der Waals surface area contributed by atoms with Crippen LogP contribution in [-0.4, -0.2) is 40.1 Å². The van der Waals surface area contributed by atoms with Crippen molar-refractivity contribution in [3.8, 4) is 0 Å². The molecule has 5 heteroatoms. The predicted octanol–water partition coefficient (Wildman–Crippen LogP) is 0.819. The second-order valence-electron chi connectivity index (χ2n) is 4.91. The lowest BCUT2D eigenvalue weighted by Crippen LogP contribution is -2.48. The van der Waals surface area contributed by atoms with Crippen LogP contribution in [0.3, 0.4) is 0 Å². The molecule has 1 aromatic heterocycles. The van der Waals surface area contributed by atoms with E-state index in [4.69, 9.17) is 4.74 Å². The molecule has 3 rings (SSSR count). The van der Waals surface area contributed by atoms with E-state index in [1.165, 1.54) is 12.8 Å². The summed E-state index contributed by atoms with van der Waals surface area (Å²) in [4.78, 5) is 6.61. The largest absolute Gasteiger partial charge is 0.371 e. The molecule has 1 aliphatic heterocycles. The van der Waals surface area contributed by atoms with E-state index in [0.29, 0.717) is 6.10 Å². The lowest BCUT2D eigenvalue weighted by atomic mass is 10.1. The van der Waals surface area contributed by atoms with Crippen molar-refractivity contribution in [2.75, 3.05) is 18.0 Å². The Balaban J connectivity index is 1.77. The van der Waals surface area contributed by atoms with Gasteiger partial charge in [0.05, 0.1) is 12.2 Å². The van der Waals surface area contributed by atoms with E-state index in [0.717, 1.165) is 25.0 Å². The first-order chi connectivity index (χ1) is 7.74. The summed E-state index contributed by atoms with van der Waals surface area (Å²) in [6.45, 7) is 4.01. The van der Waals surface area contributed by atoms with Gasteiger partial charge in [-0.3, -0.25) is 0 Å². The molecule has 2 heterocycles. The Kier molecular flexibility index (Phi) is 2.35. The average Bonchev–Trinajstić information content (AvgIpc) is 3.01. The van der Waals surface area contributed by atoms with Crippen LogP contribution in [0.2, 0.25) is 0 Å². The average molecular weight is 222 g/mol. The topological polar surface area (TPSA) is 43.2 Å². The third-order valence-corrected chi connectivity index (χ3v) is 3.40. The van der Waals surface area contributed by atoms with Crippen molar-refractivity contribution < 1.29 is 4.74 Å². The fraction of sp³-hybridized carbons (Fsp3) is 0.818. The first-order valence-electron chi connectivity index (χ1n) is 5.98. The smallest absolute Gasteiger partial charge is 0.223 e. The van der Waals surface area contributed by atoms with Gasteiger partial charge in [0, 0.05) is 20.1 Å². The van der Waals surface area contributed by atoms with Gasteiger partial charge >= 0.3 is 0 Å². The van der Waals surface area contributed by atoms with Crippen LogP contribution in [0.5, 0.6) is 0 Å². The fourth-order valence-electron chi connectivity index (χ4n) is 2.45. The lowest BCUT2D eigenvalue weighted by Gasteiger charge is -2.37. The SMILES string of the molecule is C[C@@H]1CN(c2ncnn2C)C[C@@H](C2CC2)O1. The first kappa shape index (κ1) is 10.1. The quantitative estimate of drug-likeness (QED) is 0.743. The number of hydrogen-bond donors (Lipinski definition) is 0. The number of rotatable bonds is 2. The van der Waals surface area contributed by atoms with E-state index in [2.05, 4.69) is 21.9 Å². The molecule has 0 spiro atoms. The number of nitrogens with zero attached hydrogens (tertiary/aromatic N) is 4. The van der Waals surface area contributed by atoms with E-state index in [9.17, 15) is 0 Å². The van der Waals surface area contributed by atoms with E-state index < -0.39 is 0 Å². The molecular formula is C11H18N4O. The molecule has 2 atom stereocenters. The van der Waals surface area contributed by atoms with Crippen molar-refractivity contribution in [2.45, 2.75) is 32.0 Å². The van der Waals surface area contributed by atoms with Gasteiger partial charge in [-0.1, -0.05) is 0 Å². The molecule has 1 saturated carbocycles. The molecule has 0 unspecified atom stereocenters. The zero-order chi connectivity index (χ0) is 11.1. The Morgan fingerprint density at radius 1 is 1.38 bits per heavy atom. The summed E-state index contributed by atoms with van der Waals surface area (Å²) in [5.74, 6) is 1.74. The highest BCUT2D eigenvalue weighted by molar-refractivity contribution is 5.30. The summed E-state index contributed by atoms with van der Waals surface area (Å²) in [6, 6.07) is 0. The van der Waals surface area contributed by atoms with Crippen molar-refractivity contribution in [1.82, 2.24) is 14.8 Å². The number of aryl methyl sites for hydroxylation is 1. The zero-order valence-electron chi connectivity index (χ0n) is 9.83. The Morgan fingerprint density at radius 2 is 2.19 bits per heavy atom. The minimum atomic E-state index is 0.288. The Bertz CT molecular complexity index is 374. The van der Waals surface area contributed by atoms with Crippen molar-refractivity contribution in [3.63, 3.8) is 0 Å². The minimum absolute atomic E-state index is 0.288. The third-order valence-electron chi connectivity index (χ3n) is 3.40. The molecule has 2 aliphatic rings. The van der Waals surface area contributed by atoms with E-state index in [1.807, 2.05) is 11.7 Å². The summed E-state index contributed by atoms with van der Waals surface area (Å²) in [5.41, 5.74) is 0. The maximum Gasteiger partial charge on any atom is 0.223 e. The molecule has 5 nitrogen and oxygen atoms in total. The summed E-state index contributed by atoms with van der Waals surface area (Å²) in [6.07, 6.45) is 4.94. The molecule has 0 N–H and O–H groups in total. The van der Waals surface area contributed by atoms with Crippen LogP contribution in [-0.2, 0) is 11.8 Å². The Morgan fingerprint density at radius 3 is 2.81 bits per heavy atom. The van der Waals surface area contributed by atoms with Gasteiger partial charge in [0.2, 0.25) is 5.95 Å². The molecule has 16 heavy (non-hydrogen) atoms. The van der Waals surface area contributed by atoms with Gasteiger partial charge in [0.25, 0.3) is 0 Å². The van der Waals surface area contributed by atoms with Gasteiger partial charge in [0.1, 0.15) is 6.33 Å². The molecule has 1 aromatic rings. The van der Waals surface area contributed by atoms with E-state index >= 15 is 0 Å². The Hall–Kier alpha value is -1.10. The van der Waals surface area contributed by atoms with Gasteiger partial charge in [-0.15, -0.1) is 0 Å². The molecule has 88 valence electrons. The van der Waals surface area contributed by atoms with Crippen LogP contribution >= 0.6 is 0 Å². The first-order valence-corrected chi connectivity index (χ1v) is 5.98. The minimum Gasteiger partial charge on any atom is -0.371 e. The van der Waals surface area contributed by atoms with E-state index in [1.54, 1.807) is 6.33 Å². The van der Waals surface area contributed by atoms with E-state index in [-0.39, 0.29) is 6.10 Å². The highest BCUT2D eigenvalue weighted by atomic mass is 16.5. The van der Waals surface area contributed by atoms with Crippen LogP contribution in [0.15, 0.2) is 6.33 Å². The molecule has 2 fully saturated rings. The third kappa shape index (κ3) is 1.80. The molecular weight excluding hydrogens is 204 g/mol. The number of aromatic nitrogens is 3. The predicted molar refractivity (Wildman–Crippen MR) is 60.3 cm³/mol. The summed E-state index contributed by atoms with van der Waals surface area (Å²) in [5, 5.41) is 4.13. The number of hydrogen-bond acceptors (Lipinski definition) is 4. The molecule has 0 radical (unpaired) electrons. The van der Waals surface area contributed by atoms with Crippen molar-refractivity contribution >= 4 is 5.95 Å². The van der Waals surface area contributed by atoms with Crippen molar-refractivity contribution in [2.24, 2.45) is 13.0 Å². The van der Waals surface area contributed by atoms with Crippen LogP contribution in [0.4, 0.5) is 5.95 Å². The van der Waals surface area contributed by atoms with Gasteiger partial charge in [-0.25, -0.2) is 4.68 Å². The number of anilines is 1.